The first-order chi connectivity index (χ1) is 5.74. The zero-order valence-corrected chi connectivity index (χ0v) is 7.25. The van der Waals surface area contributed by atoms with Crippen LogP contribution in [0.4, 0.5) is 4.79 Å². The number of amides is 1. The topological polar surface area (TPSA) is 67.6 Å². The number of likely N-dealkylation sites (N-methyl/N-ethyl adjacent to an activating group) is 1. The van der Waals surface area contributed by atoms with E-state index in [-0.39, 0.29) is 12.2 Å². The molecule has 1 aliphatic heterocycles. The second-order valence-electron chi connectivity index (χ2n) is 2.88. The highest BCUT2D eigenvalue weighted by molar-refractivity contribution is 5.69. The lowest BCUT2D eigenvalue weighted by molar-refractivity contribution is 0.133. The van der Waals surface area contributed by atoms with E-state index >= 15 is 0 Å². The van der Waals surface area contributed by atoms with Crippen molar-refractivity contribution in [3.05, 3.63) is 0 Å². The Kier molecular flexibility index (Phi) is 3.31. The van der Waals surface area contributed by atoms with Crippen molar-refractivity contribution in [1.29, 1.82) is 0 Å². The third-order valence-electron chi connectivity index (χ3n) is 1.75. The molecule has 1 fully saturated rings. The quantitative estimate of drug-likeness (QED) is 0.534. The van der Waals surface area contributed by atoms with Crippen LogP contribution in [0, 0.1) is 0 Å². The Morgan fingerprint density at radius 3 is 3.08 bits per heavy atom. The minimum Gasteiger partial charge on any atom is -0.443 e. The van der Waals surface area contributed by atoms with Gasteiger partial charge in [-0.25, -0.2) is 4.79 Å². The van der Waals surface area contributed by atoms with Crippen LogP contribution in [0.2, 0.25) is 0 Å². The van der Waals surface area contributed by atoms with Crippen LogP contribution in [-0.4, -0.2) is 50.3 Å². The van der Waals surface area contributed by atoms with E-state index in [0.717, 1.165) is 6.54 Å². The highest BCUT2D eigenvalue weighted by atomic mass is 16.6. The Balaban J connectivity index is 2.14. The standard InChI is InChI=1S/C7H15N3O2/c1-10-5-6(12-7(10)11)4-9-3-2-8/h6,9H,2-5,8H2,1H3/t6-/m1/s1. The number of carbonyl (C=O) groups is 1. The third-order valence-corrected chi connectivity index (χ3v) is 1.75. The number of carbonyl (C=O) groups excluding carboxylic acids is 1. The van der Waals surface area contributed by atoms with Gasteiger partial charge in [-0.05, 0) is 0 Å². The lowest BCUT2D eigenvalue weighted by Gasteiger charge is -2.07. The zero-order chi connectivity index (χ0) is 8.97. The summed E-state index contributed by atoms with van der Waals surface area (Å²) in [5.41, 5.74) is 5.29. The first-order valence-corrected chi connectivity index (χ1v) is 4.06. The van der Waals surface area contributed by atoms with Gasteiger partial charge in [0.25, 0.3) is 0 Å². The van der Waals surface area contributed by atoms with Crippen LogP contribution in [0.5, 0.6) is 0 Å². The van der Waals surface area contributed by atoms with Crippen molar-refractivity contribution in [2.75, 3.05) is 33.2 Å². The molecular formula is C7H15N3O2. The number of ether oxygens (including phenoxy) is 1. The van der Waals surface area contributed by atoms with Gasteiger partial charge < -0.3 is 20.7 Å². The predicted molar refractivity (Wildman–Crippen MR) is 44.8 cm³/mol. The van der Waals surface area contributed by atoms with Crippen molar-refractivity contribution in [3.8, 4) is 0 Å². The second kappa shape index (κ2) is 4.27. The van der Waals surface area contributed by atoms with Gasteiger partial charge in [-0.2, -0.15) is 0 Å². The molecule has 0 saturated carbocycles. The van der Waals surface area contributed by atoms with E-state index in [4.69, 9.17) is 10.5 Å². The molecule has 12 heavy (non-hydrogen) atoms. The number of rotatable bonds is 4. The Hall–Kier alpha value is -0.810. The molecule has 1 amide bonds. The Morgan fingerprint density at radius 1 is 1.83 bits per heavy atom. The average Bonchev–Trinajstić information content (AvgIpc) is 2.32. The molecule has 1 rings (SSSR count). The molecular weight excluding hydrogens is 158 g/mol. The predicted octanol–water partition coefficient (Wildman–Crippen LogP) is -1.01. The van der Waals surface area contributed by atoms with Crippen LogP contribution < -0.4 is 11.1 Å². The number of nitrogens with one attached hydrogen (secondary N) is 1. The molecule has 0 bridgehead atoms. The summed E-state index contributed by atoms with van der Waals surface area (Å²) >= 11 is 0. The largest absolute Gasteiger partial charge is 0.443 e. The molecule has 1 saturated heterocycles. The molecule has 0 aromatic carbocycles. The number of hydrogen-bond acceptors (Lipinski definition) is 4. The molecule has 0 aromatic rings. The fraction of sp³-hybridized carbons (Fsp3) is 0.857. The van der Waals surface area contributed by atoms with E-state index in [9.17, 15) is 4.79 Å². The van der Waals surface area contributed by atoms with Crippen LogP contribution in [0.1, 0.15) is 0 Å². The van der Waals surface area contributed by atoms with E-state index in [1.165, 1.54) is 0 Å². The molecule has 70 valence electrons. The maximum atomic E-state index is 10.9. The average molecular weight is 173 g/mol. The molecule has 3 N–H and O–H groups in total. The van der Waals surface area contributed by atoms with Crippen molar-refractivity contribution in [3.63, 3.8) is 0 Å². The SMILES string of the molecule is CN1C[C@@H](CNCCN)OC1=O. The maximum Gasteiger partial charge on any atom is 0.410 e. The molecule has 0 unspecified atom stereocenters. The van der Waals surface area contributed by atoms with Gasteiger partial charge in [-0.15, -0.1) is 0 Å². The van der Waals surface area contributed by atoms with Crippen molar-refractivity contribution < 1.29 is 9.53 Å². The van der Waals surface area contributed by atoms with Gasteiger partial charge in [-0.1, -0.05) is 0 Å². The van der Waals surface area contributed by atoms with Gasteiger partial charge >= 0.3 is 6.09 Å². The lowest BCUT2D eigenvalue weighted by Crippen LogP contribution is -2.32. The van der Waals surface area contributed by atoms with E-state index in [1.54, 1.807) is 11.9 Å². The van der Waals surface area contributed by atoms with Gasteiger partial charge in [-0.3, -0.25) is 0 Å². The van der Waals surface area contributed by atoms with Crippen LogP contribution in [0.15, 0.2) is 0 Å². The van der Waals surface area contributed by atoms with E-state index in [2.05, 4.69) is 5.32 Å². The van der Waals surface area contributed by atoms with Crippen LogP contribution >= 0.6 is 0 Å². The molecule has 5 nitrogen and oxygen atoms in total. The molecule has 1 atom stereocenters. The van der Waals surface area contributed by atoms with Crippen LogP contribution in [0.25, 0.3) is 0 Å². The number of nitrogens with zero attached hydrogens (tertiary/aromatic N) is 1. The van der Waals surface area contributed by atoms with Crippen molar-refractivity contribution in [2.45, 2.75) is 6.10 Å². The number of nitrogens with two attached hydrogens (primary N) is 1. The molecule has 1 heterocycles. The molecule has 0 aromatic heterocycles. The summed E-state index contributed by atoms with van der Waals surface area (Å²) in [7, 11) is 1.73. The summed E-state index contributed by atoms with van der Waals surface area (Å²) in [5.74, 6) is 0. The molecule has 5 heteroatoms. The fourth-order valence-electron chi connectivity index (χ4n) is 1.12. The Bertz CT molecular complexity index is 163. The van der Waals surface area contributed by atoms with Gasteiger partial charge in [0.15, 0.2) is 0 Å². The summed E-state index contributed by atoms with van der Waals surface area (Å²) < 4.78 is 5.00. The number of hydrogen-bond donors (Lipinski definition) is 2. The first-order valence-electron chi connectivity index (χ1n) is 4.06. The molecule has 0 spiro atoms. The maximum absolute atomic E-state index is 10.9. The highest BCUT2D eigenvalue weighted by Crippen LogP contribution is 2.06. The minimum atomic E-state index is -0.241. The van der Waals surface area contributed by atoms with Gasteiger partial charge in [0, 0.05) is 26.7 Å². The highest BCUT2D eigenvalue weighted by Gasteiger charge is 2.27. The zero-order valence-electron chi connectivity index (χ0n) is 7.25. The third kappa shape index (κ3) is 2.35. The monoisotopic (exact) mass is 173 g/mol. The molecule has 1 aliphatic rings. The number of cyclic esters (lactones) is 1. The van der Waals surface area contributed by atoms with Crippen LogP contribution in [-0.2, 0) is 4.74 Å². The Labute approximate surface area is 71.8 Å². The lowest BCUT2D eigenvalue weighted by atomic mass is 10.3. The van der Waals surface area contributed by atoms with Gasteiger partial charge in [0.1, 0.15) is 6.10 Å². The Morgan fingerprint density at radius 2 is 2.58 bits per heavy atom. The first kappa shape index (κ1) is 9.28. The van der Waals surface area contributed by atoms with E-state index < -0.39 is 0 Å². The fourth-order valence-corrected chi connectivity index (χ4v) is 1.12. The summed E-state index contributed by atoms with van der Waals surface area (Å²) in [6.07, 6.45) is -0.261. The normalized spacial score (nSPS) is 23.0. The summed E-state index contributed by atoms with van der Waals surface area (Å²) in [6, 6.07) is 0. The summed E-state index contributed by atoms with van der Waals surface area (Å²) in [4.78, 5) is 12.4. The van der Waals surface area contributed by atoms with Gasteiger partial charge in [0.05, 0.1) is 6.54 Å². The summed E-state index contributed by atoms with van der Waals surface area (Å²) in [6.45, 7) is 2.72. The van der Waals surface area contributed by atoms with Crippen LogP contribution in [0.3, 0.4) is 0 Å². The van der Waals surface area contributed by atoms with Crippen molar-refractivity contribution >= 4 is 6.09 Å². The molecule has 0 radical (unpaired) electrons. The second-order valence-corrected chi connectivity index (χ2v) is 2.88. The summed E-state index contributed by atoms with van der Waals surface area (Å²) in [5, 5.41) is 3.09. The minimum absolute atomic E-state index is 0.0194. The molecule has 0 aliphatic carbocycles. The smallest absolute Gasteiger partial charge is 0.410 e. The van der Waals surface area contributed by atoms with E-state index in [1.807, 2.05) is 0 Å². The van der Waals surface area contributed by atoms with E-state index in [0.29, 0.717) is 19.6 Å². The van der Waals surface area contributed by atoms with Crippen molar-refractivity contribution in [1.82, 2.24) is 10.2 Å². The van der Waals surface area contributed by atoms with Crippen molar-refractivity contribution in [2.24, 2.45) is 5.73 Å². The van der Waals surface area contributed by atoms with Gasteiger partial charge in [0.2, 0.25) is 0 Å².